The monoisotopic (exact) mass is 484 g/mol. The molecule has 6 nitrogen and oxygen atoms in total. The van der Waals surface area contributed by atoms with Crippen LogP contribution in [-0.4, -0.2) is 60.4 Å². The predicted octanol–water partition coefficient (Wildman–Crippen LogP) is 4.00. The Morgan fingerprint density at radius 1 is 1.23 bits per heavy atom. The van der Waals surface area contributed by atoms with Gasteiger partial charge in [0.2, 0.25) is 0 Å². The number of ether oxygens (including phenoxy) is 1. The molecule has 0 saturated carbocycles. The zero-order chi connectivity index (χ0) is 22.5. The fourth-order valence-electron chi connectivity index (χ4n) is 3.46. The summed E-state index contributed by atoms with van der Waals surface area (Å²) < 4.78 is 6.30. The van der Waals surface area contributed by atoms with Crippen LogP contribution in [0.5, 0.6) is 5.75 Å². The summed E-state index contributed by atoms with van der Waals surface area (Å²) in [7, 11) is 3.81. The minimum absolute atomic E-state index is 0.0848. The maximum atomic E-state index is 13.0. The summed E-state index contributed by atoms with van der Waals surface area (Å²) in [4.78, 5) is 29.3. The van der Waals surface area contributed by atoms with Gasteiger partial charge in [-0.2, -0.15) is 0 Å². The minimum atomic E-state index is -0.687. The van der Waals surface area contributed by atoms with Gasteiger partial charge in [0.05, 0.1) is 11.6 Å². The lowest BCUT2D eigenvalue weighted by atomic mass is 9.95. The Labute approximate surface area is 190 Å². The summed E-state index contributed by atoms with van der Waals surface area (Å²) >= 11 is 3.46. The van der Waals surface area contributed by atoms with Crippen molar-refractivity contribution >= 4 is 33.4 Å². The second-order valence-corrected chi connectivity index (χ2v) is 8.39. The van der Waals surface area contributed by atoms with Crippen LogP contribution in [0.1, 0.15) is 17.2 Å². The molecule has 1 amide bonds. The van der Waals surface area contributed by atoms with Gasteiger partial charge in [-0.15, -0.1) is 0 Å². The Bertz CT molecular complexity index is 1010. The zero-order valence-electron chi connectivity index (χ0n) is 17.5. The van der Waals surface area contributed by atoms with Crippen molar-refractivity contribution in [2.75, 3.05) is 33.8 Å². The first-order valence-corrected chi connectivity index (χ1v) is 10.7. The average molecular weight is 485 g/mol. The summed E-state index contributed by atoms with van der Waals surface area (Å²) in [6.45, 7) is 4.93. The van der Waals surface area contributed by atoms with Gasteiger partial charge in [-0.1, -0.05) is 40.7 Å². The number of amides is 1. The van der Waals surface area contributed by atoms with Gasteiger partial charge in [0, 0.05) is 23.1 Å². The van der Waals surface area contributed by atoms with E-state index in [-0.39, 0.29) is 11.3 Å². The molecule has 1 atom stereocenters. The van der Waals surface area contributed by atoms with Crippen molar-refractivity contribution in [1.29, 1.82) is 0 Å². The number of likely N-dealkylation sites (tertiary alicyclic amines) is 1. The van der Waals surface area contributed by atoms with Gasteiger partial charge in [0.15, 0.2) is 0 Å². The third kappa shape index (κ3) is 5.06. The van der Waals surface area contributed by atoms with Crippen LogP contribution in [0.15, 0.2) is 71.2 Å². The van der Waals surface area contributed by atoms with Crippen LogP contribution in [0, 0.1) is 0 Å². The van der Waals surface area contributed by atoms with E-state index in [0.717, 1.165) is 10.0 Å². The first kappa shape index (κ1) is 22.8. The van der Waals surface area contributed by atoms with Gasteiger partial charge in [0.1, 0.15) is 18.1 Å². The fourth-order valence-corrected chi connectivity index (χ4v) is 3.88. The molecular formula is C24H25BrN2O4. The number of likely N-dealkylation sites (N-methyl/N-ethyl adjacent to an activating group) is 1. The van der Waals surface area contributed by atoms with Gasteiger partial charge in [-0.25, -0.2) is 0 Å². The summed E-state index contributed by atoms with van der Waals surface area (Å²) in [6, 6.07) is 13.5. The quantitative estimate of drug-likeness (QED) is 0.265. The average Bonchev–Trinajstić information content (AvgIpc) is 3.01. The summed E-state index contributed by atoms with van der Waals surface area (Å²) in [5.74, 6) is -0.884. The molecule has 2 aromatic rings. The van der Waals surface area contributed by atoms with Crippen LogP contribution in [0.3, 0.4) is 0 Å². The molecule has 1 heterocycles. The molecule has 1 N–H and O–H groups in total. The van der Waals surface area contributed by atoms with Crippen LogP contribution < -0.4 is 4.74 Å². The number of rotatable bonds is 8. The van der Waals surface area contributed by atoms with Gasteiger partial charge < -0.3 is 19.6 Å². The Hall–Kier alpha value is -2.90. The highest BCUT2D eigenvalue weighted by molar-refractivity contribution is 9.10. The highest BCUT2D eigenvalue weighted by atomic mass is 79.9. The van der Waals surface area contributed by atoms with Crippen LogP contribution >= 0.6 is 15.9 Å². The standard InChI is InChI=1S/C24H25BrN2O4/c1-4-14-31-19-10-8-16(9-11-19)22(28)20-21(17-6-5-7-18(25)15-17)27(13-12-26(2)3)24(30)23(20)29/h4-11,15,21,28H,1,12-14H2,2-3H3/t21-/m1/s1. The van der Waals surface area contributed by atoms with E-state index >= 15 is 0 Å². The molecule has 1 saturated heterocycles. The molecule has 0 bridgehead atoms. The molecule has 1 aliphatic heterocycles. The number of nitrogens with zero attached hydrogens (tertiary/aromatic N) is 2. The molecule has 1 fully saturated rings. The molecule has 0 spiro atoms. The highest BCUT2D eigenvalue weighted by Crippen LogP contribution is 2.40. The largest absolute Gasteiger partial charge is 0.507 e. The zero-order valence-corrected chi connectivity index (χ0v) is 19.1. The van der Waals surface area contributed by atoms with Crippen molar-refractivity contribution in [3.63, 3.8) is 0 Å². The van der Waals surface area contributed by atoms with Crippen molar-refractivity contribution < 1.29 is 19.4 Å². The van der Waals surface area contributed by atoms with E-state index in [0.29, 0.717) is 31.0 Å². The number of hydrogen-bond acceptors (Lipinski definition) is 5. The number of carbonyl (C=O) groups is 2. The van der Waals surface area contributed by atoms with Crippen LogP contribution in [0.4, 0.5) is 0 Å². The topological polar surface area (TPSA) is 70.1 Å². The number of Topliss-reactive ketones (excluding diaryl/α,β-unsaturated/α-hetero) is 1. The van der Waals surface area contributed by atoms with E-state index in [4.69, 9.17) is 4.74 Å². The Morgan fingerprint density at radius 3 is 2.55 bits per heavy atom. The van der Waals surface area contributed by atoms with E-state index in [1.54, 1.807) is 30.3 Å². The second kappa shape index (κ2) is 9.94. The molecule has 31 heavy (non-hydrogen) atoms. The first-order valence-electron chi connectivity index (χ1n) is 9.86. The predicted molar refractivity (Wildman–Crippen MR) is 124 cm³/mol. The van der Waals surface area contributed by atoms with Crippen LogP contribution in [0.25, 0.3) is 5.76 Å². The first-order chi connectivity index (χ1) is 14.8. The number of benzene rings is 2. The van der Waals surface area contributed by atoms with E-state index in [1.165, 1.54) is 4.90 Å². The van der Waals surface area contributed by atoms with Gasteiger partial charge in [-0.3, -0.25) is 9.59 Å². The molecular weight excluding hydrogens is 460 g/mol. The Balaban J connectivity index is 2.07. The highest BCUT2D eigenvalue weighted by Gasteiger charge is 2.45. The van der Waals surface area contributed by atoms with Crippen molar-refractivity contribution in [2.24, 2.45) is 0 Å². The smallest absolute Gasteiger partial charge is 0.295 e. The molecule has 0 unspecified atom stereocenters. The Morgan fingerprint density at radius 2 is 1.94 bits per heavy atom. The van der Waals surface area contributed by atoms with Gasteiger partial charge >= 0.3 is 0 Å². The van der Waals surface area contributed by atoms with E-state index in [1.807, 2.05) is 43.3 Å². The lowest BCUT2D eigenvalue weighted by Gasteiger charge is -2.26. The lowest BCUT2D eigenvalue weighted by molar-refractivity contribution is -0.140. The molecule has 1 aliphatic rings. The number of aliphatic hydroxyl groups excluding tert-OH is 1. The molecule has 7 heteroatoms. The fraction of sp³-hybridized carbons (Fsp3) is 0.250. The maximum absolute atomic E-state index is 13.0. The normalized spacial score (nSPS) is 17.9. The number of ketones is 1. The van der Waals surface area contributed by atoms with E-state index in [9.17, 15) is 14.7 Å². The third-order valence-electron chi connectivity index (χ3n) is 4.99. The minimum Gasteiger partial charge on any atom is -0.507 e. The summed E-state index contributed by atoms with van der Waals surface area (Å²) in [5, 5.41) is 11.1. The number of halogens is 1. The number of carbonyl (C=O) groups excluding carboxylic acids is 2. The molecule has 0 radical (unpaired) electrons. The molecule has 0 aromatic heterocycles. The van der Waals surface area contributed by atoms with E-state index in [2.05, 4.69) is 22.5 Å². The second-order valence-electron chi connectivity index (χ2n) is 7.47. The number of hydrogen-bond donors (Lipinski definition) is 1. The Kier molecular flexibility index (Phi) is 7.30. The van der Waals surface area contributed by atoms with Crippen LogP contribution in [-0.2, 0) is 9.59 Å². The van der Waals surface area contributed by atoms with Gasteiger partial charge in [-0.05, 0) is 56.1 Å². The van der Waals surface area contributed by atoms with Crippen LogP contribution in [0.2, 0.25) is 0 Å². The summed E-state index contributed by atoms with van der Waals surface area (Å²) in [5.41, 5.74) is 1.28. The summed E-state index contributed by atoms with van der Waals surface area (Å²) in [6.07, 6.45) is 1.64. The van der Waals surface area contributed by atoms with E-state index < -0.39 is 17.7 Å². The molecule has 2 aromatic carbocycles. The third-order valence-corrected chi connectivity index (χ3v) is 5.48. The van der Waals surface area contributed by atoms with Crippen molar-refractivity contribution in [1.82, 2.24) is 9.80 Å². The van der Waals surface area contributed by atoms with Crippen molar-refractivity contribution in [2.45, 2.75) is 6.04 Å². The molecule has 3 rings (SSSR count). The van der Waals surface area contributed by atoms with Crippen molar-refractivity contribution in [3.8, 4) is 5.75 Å². The molecule has 162 valence electrons. The SMILES string of the molecule is C=CCOc1ccc(C(O)=C2C(=O)C(=O)N(CCN(C)C)[C@@H]2c2cccc(Br)c2)cc1. The number of aliphatic hydroxyl groups is 1. The maximum Gasteiger partial charge on any atom is 0.295 e. The van der Waals surface area contributed by atoms with Gasteiger partial charge in [0.25, 0.3) is 11.7 Å². The lowest BCUT2D eigenvalue weighted by Crippen LogP contribution is -2.35. The van der Waals surface area contributed by atoms with Crippen molar-refractivity contribution in [3.05, 3.63) is 82.4 Å². The molecule has 0 aliphatic carbocycles.